The number of aryl methyl sites for hydroxylation is 1. The van der Waals surface area contributed by atoms with Crippen molar-refractivity contribution in [3.8, 4) is 0 Å². The Bertz CT molecular complexity index is 638. The minimum Gasteiger partial charge on any atom is -0.481 e. The molecule has 106 valence electrons. The van der Waals surface area contributed by atoms with E-state index in [-0.39, 0.29) is 12.5 Å². The number of hydrogen-bond acceptors (Lipinski definition) is 3. The van der Waals surface area contributed by atoms with Gasteiger partial charge in [0.1, 0.15) is 0 Å². The molecule has 0 radical (unpaired) electrons. The molecule has 2 rings (SSSR count). The summed E-state index contributed by atoms with van der Waals surface area (Å²) in [5, 5.41) is 13.6. The molecule has 0 saturated carbocycles. The highest BCUT2D eigenvalue weighted by atomic mass is 16.4. The lowest BCUT2D eigenvalue weighted by Crippen LogP contribution is -2.17. The Balaban J connectivity index is 2.64. The third kappa shape index (κ3) is 2.90. The monoisotopic (exact) mass is 272 g/mol. The predicted molar refractivity (Wildman–Crippen MR) is 81.2 cm³/mol. The fraction of sp³-hybridized carbons (Fsp3) is 0.375. The van der Waals surface area contributed by atoms with Crippen LogP contribution in [0, 0.1) is 6.92 Å². The molecule has 2 N–H and O–H groups in total. The van der Waals surface area contributed by atoms with Crippen molar-refractivity contribution in [2.75, 3.05) is 5.32 Å². The number of aromatic nitrogens is 1. The minimum atomic E-state index is -0.836. The van der Waals surface area contributed by atoms with Crippen molar-refractivity contribution in [3.63, 3.8) is 0 Å². The summed E-state index contributed by atoms with van der Waals surface area (Å²) in [6.45, 7) is 6.06. The van der Waals surface area contributed by atoms with Crippen molar-refractivity contribution >= 4 is 22.6 Å². The van der Waals surface area contributed by atoms with Gasteiger partial charge < -0.3 is 10.4 Å². The number of carboxylic acid groups (broad SMARTS) is 1. The van der Waals surface area contributed by atoms with Gasteiger partial charge in [0.25, 0.3) is 0 Å². The molecule has 4 heteroatoms. The van der Waals surface area contributed by atoms with Crippen LogP contribution in [0.5, 0.6) is 0 Å². The van der Waals surface area contributed by atoms with E-state index in [4.69, 9.17) is 5.11 Å². The first-order chi connectivity index (χ1) is 9.52. The maximum atomic E-state index is 11.1. The summed E-state index contributed by atoms with van der Waals surface area (Å²) in [6, 6.07) is 8.12. The van der Waals surface area contributed by atoms with Gasteiger partial charge >= 0.3 is 5.97 Å². The number of carboxylic acids is 1. The van der Waals surface area contributed by atoms with Crippen molar-refractivity contribution in [1.29, 1.82) is 0 Å². The molecule has 2 aromatic rings. The van der Waals surface area contributed by atoms with Crippen LogP contribution in [-0.4, -0.2) is 22.1 Å². The van der Waals surface area contributed by atoms with Crippen LogP contribution in [0.2, 0.25) is 0 Å². The summed E-state index contributed by atoms with van der Waals surface area (Å²) in [7, 11) is 0. The van der Waals surface area contributed by atoms with Crippen LogP contribution < -0.4 is 5.32 Å². The van der Waals surface area contributed by atoms with Crippen LogP contribution in [0.4, 0.5) is 5.69 Å². The zero-order valence-electron chi connectivity index (χ0n) is 12.1. The van der Waals surface area contributed by atoms with E-state index in [9.17, 15) is 4.79 Å². The molecule has 1 atom stereocenters. The van der Waals surface area contributed by atoms with Gasteiger partial charge in [0, 0.05) is 28.4 Å². The average Bonchev–Trinajstić information content (AvgIpc) is 2.42. The van der Waals surface area contributed by atoms with Crippen LogP contribution >= 0.6 is 0 Å². The van der Waals surface area contributed by atoms with E-state index in [1.165, 1.54) is 0 Å². The molecule has 0 bridgehead atoms. The predicted octanol–water partition coefficient (Wildman–Crippen LogP) is 3.38. The van der Waals surface area contributed by atoms with Crippen molar-refractivity contribution in [2.45, 2.75) is 39.7 Å². The van der Waals surface area contributed by atoms with Crippen LogP contribution in [0.25, 0.3) is 10.9 Å². The number of fused-ring (bicyclic) bond motifs is 1. The van der Waals surface area contributed by atoms with Gasteiger partial charge in [-0.2, -0.15) is 0 Å². The van der Waals surface area contributed by atoms with Gasteiger partial charge in [0.15, 0.2) is 0 Å². The second-order valence-corrected chi connectivity index (χ2v) is 5.09. The van der Waals surface area contributed by atoms with Gasteiger partial charge in [0.2, 0.25) is 0 Å². The number of benzene rings is 1. The fourth-order valence-corrected chi connectivity index (χ4v) is 2.26. The van der Waals surface area contributed by atoms with E-state index < -0.39 is 5.97 Å². The second kappa shape index (κ2) is 5.90. The molecule has 0 fully saturated rings. The third-order valence-corrected chi connectivity index (χ3v) is 3.53. The van der Waals surface area contributed by atoms with Crippen LogP contribution in [-0.2, 0) is 11.2 Å². The van der Waals surface area contributed by atoms with Gasteiger partial charge in [-0.05, 0) is 26.3 Å². The summed E-state index contributed by atoms with van der Waals surface area (Å²) in [4.78, 5) is 15.6. The molecule has 1 unspecified atom stereocenters. The molecule has 0 aliphatic heterocycles. The number of hydrogen-bond donors (Lipinski definition) is 2. The average molecular weight is 272 g/mol. The Hall–Kier alpha value is -2.10. The van der Waals surface area contributed by atoms with Gasteiger partial charge in [-0.25, -0.2) is 0 Å². The summed E-state index contributed by atoms with van der Waals surface area (Å²) in [5.41, 5.74) is 3.35. The molecule has 20 heavy (non-hydrogen) atoms. The van der Waals surface area contributed by atoms with Crippen LogP contribution in [0.3, 0.4) is 0 Å². The maximum Gasteiger partial charge on any atom is 0.307 e. The number of aliphatic carboxylic acids is 1. The second-order valence-electron chi connectivity index (χ2n) is 5.09. The van der Waals surface area contributed by atoms with Gasteiger partial charge in [0.05, 0.1) is 11.9 Å². The number of carbonyl (C=O) groups is 1. The van der Waals surface area contributed by atoms with Crippen molar-refractivity contribution < 1.29 is 9.90 Å². The van der Waals surface area contributed by atoms with Crippen molar-refractivity contribution in [1.82, 2.24) is 4.98 Å². The lowest BCUT2D eigenvalue weighted by Gasteiger charge is -2.19. The zero-order chi connectivity index (χ0) is 14.7. The Morgan fingerprint density at radius 2 is 2.10 bits per heavy atom. The topological polar surface area (TPSA) is 62.2 Å². The van der Waals surface area contributed by atoms with E-state index >= 15 is 0 Å². The highest BCUT2D eigenvalue weighted by molar-refractivity contribution is 5.94. The summed E-state index contributed by atoms with van der Waals surface area (Å²) >= 11 is 0. The number of rotatable bonds is 5. The Morgan fingerprint density at radius 3 is 2.75 bits per heavy atom. The first-order valence-corrected chi connectivity index (χ1v) is 6.89. The molecule has 0 spiro atoms. The van der Waals surface area contributed by atoms with E-state index in [0.29, 0.717) is 0 Å². The number of pyridine rings is 1. The molecule has 1 aromatic heterocycles. The highest BCUT2D eigenvalue weighted by Gasteiger charge is 2.16. The maximum absolute atomic E-state index is 11.1. The highest BCUT2D eigenvalue weighted by Crippen LogP contribution is 2.29. The standard InChI is InChI=1S/C16H20N2O2/c1-4-10(2)17-16-12-7-5-6-8-14(12)18-11(3)13(16)9-15(19)20/h5-8,10H,4,9H2,1-3H3,(H,17,18)(H,19,20). The SMILES string of the molecule is CCC(C)Nc1c(CC(=O)O)c(C)nc2ccccc12. The van der Waals surface area contributed by atoms with E-state index in [2.05, 4.69) is 24.1 Å². The number of para-hydroxylation sites is 1. The third-order valence-electron chi connectivity index (χ3n) is 3.53. The van der Waals surface area contributed by atoms with Crippen LogP contribution in [0.1, 0.15) is 31.5 Å². The molecule has 1 heterocycles. The van der Waals surface area contributed by atoms with Crippen LogP contribution in [0.15, 0.2) is 24.3 Å². The summed E-state index contributed by atoms with van der Waals surface area (Å²) in [6.07, 6.45) is 0.963. The Kier molecular flexibility index (Phi) is 4.23. The number of nitrogens with zero attached hydrogens (tertiary/aromatic N) is 1. The lowest BCUT2D eigenvalue weighted by molar-refractivity contribution is -0.136. The number of anilines is 1. The summed E-state index contributed by atoms with van der Waals surface area (Å²) in [5.74, 6) is -0.836. The molecule has 0 amide bonds. The van der Waals surface area contributed by atoms with E-state index in [1.807, 2.05) is 31.2 Å². The Morgan fingerprint density at radius 1 is 1.40 bits per heavy atom. The fourth-order valence-electron chi connectivity index (χ4n) is 2.26. The van der Waals surface area contributed by atoms with E-state index in [0.717, 1.165) is 34.3 Å². The molecule has 0 aliphatic rings. The van der Waals surface area contributed by atoms with E-state index in [1.54, 1.807) is 0 Å². The van der Waals surface area contributed by atoms with Crippen molar-refractivity contribution in [2.24, 2.45) is 0 Å². The minimum absolute atomic E-state index is 0.0115. The smallest absolute Gasteiger partial charge is 0.307 e. The molecule has 0 aliphatic carbocycles. The Labute approximate surface area is 118 Å². The van der Waals surface area contributed by atoms with Gasteiger partial charge in [-0.3, -0.25) is 9.78 Å². The molecular formula is C16H20N2O2. The van der Waals surface area contributed by atoms with Crippen molar-refractivity contribution in [3.05, 3.63) is 35.5 Å². The molecule has 1 aromatic carbocycles. The normalized spacial score (nSPS) is 12.3. The van der Waals surface area contributed by atoms with Gasteiger partial charge in [-0.15, -0.1) is 0 Å². The zero-order valence-corrected chi connectivity index (χ0v) is 12.1. The van der Waals surface area contributed by atoms with Gasteiger partial charge in [-0.1, -0.05) is 25.1 Å². The molecule has 0 saturated heterocycles. The first kappa shape index (κ1) is 14.3. The largest absolute Gasteiger partial charge is 0.481 e. The molecule has 4 nitrogen and oxygen atoms in total. The quantitative estimate of drug-likeness (QED) is 0.876. The molecular weight excluding hydrogens is 252 g/mol. The lowest BCUT2D eigenvalue weighted by atomic mass is 10.0. The number of nitrogens with one attached hydrogen (secondary N) is 1. The summed E-state index contributed by atoms with van der Waals surface area (Å²) < 4.78 is 0. The first-order valence-electron chi connectivity index (χ1n) is 6.89.